The number of hydrogen-bond donors (Lipinski definition) is 0. The van der Waals surface area contributed by atoms with Gasteiger partial charge in [-0.05, 0) is 111 Å². The number of carbonyl (C=O) groups excluding carboxylic acids is 2. The zero-order valence-electron chi connectivity index (χ0n) is 32.3. The summed E-state index contributed by atoms with van der Waals surface area (Å²) < 4.78 is 42.2. The minimum absolute atomic E-state index is 0.0413. The van der Waals surface area contributed by atoms with Crippen molar-refractivity contribution in [2.45, 2.75) is 64.5 Å². The molecule has 280 valence electrons. The van der Waals surface area contributed by atoms with Crippen molar-refractivity contribution in [3.63, 3.8) is 0 Å². The average Bonchev–Trinajstić information content (AvgIpc) is 3.70. The molecule has 3 aliphatic rings. The number of anilines is 3. The fourth-order valence-corrected chi connectivity index (χ4v) is 8.44. The lowest BCUT2D eigenvalue weighted by Gasteiger charge is -2.29. The number of alkyl halides is 3. The Balaban J connectivity index is 1.35. The van der Waals surface area contributed by atoms with Gasteiger partial charge in [0.2, 0.25) is 5.69 Å². The summed E-state index contributed by atoms with van der Waals surface area (Å²) in [5.74, 6) is -1.80. The summed E-state index contributed by atoms with van der Waals surface area (Å²) in [6.45, 7) is 9.95. The molecular formula is C47H45F3N3O2+. The molecule has 5 nitrogen and oxygen atoms in total. The standard InChI is InChI=1S/C47H45F3N3O2/c1-30(54)33-20-24-39-37(28-33)45(2,3)41(51(39)6)26-22-31-18-19-32(43(31)53(35-14-10-8-11-15-35)36-16-12-9-13-17-36)23-27-42-46(4,5)38-29-34(44(55)47(48,49)50)21-25-40(38)52(42)7/h8-17,20-29H,18-19H2,1-7H3/q+1. The number of nitrogens with zero attached hydrogens (tertiary/aromatic N) is 3. The lowest BCUT2D eigenvalue weighted by molar-refractivity contribution is -0.401. The maximum absolute atomic E-state index is 13.4. The molecule has 0 atom stereocenters. The van der Waals surface area contributed by atoms with Gasteiger partial charge in [0.1, 0.15) is 7.05 Å². The van der Waals surface area contributed by atoms with Crippen molar-refractivity contribution in [2.24, 2.45) is 0 Å². The van der Waals surface area contributed by atoms with E-state index in [0.717, 1.165) is 69.4 Å². The van der Waals surface area contributed by atoms with Crippen LogP contribution < -0.4 is 9.80 Å². The van der Waals surface area contributed by atoms with Crippen LogP contribution in [0.25, 0.3) is 0 Å². The topological polar surface area (TPSA) is 43.6 Å². The van der Waals surface area contributed by atoms with Crippen LogP contribution in [0.1, 0.15) is 79.3 Å². The Morgan fingerprint density at radius 3 is 1.96 bits per heavy atom. The minimum Gasteiger partial charge on any atom is -0.347 e. The van der Waals surface area contributed by atoms with Crippen LogP contribution in [0.15, 0.2) is 144 Å². The zero-order valence-corrected chi connectivity index (χ0v) is 32.3. The zero-order chi connectivity index (χ0) is 39.4. The Labute approximate surface area is 321 Å². The van der Waals surface area contributed by atoms with Gasteiger partial charge in [-0.2, -0.15) is 17.7 Å². The first kappa shape index (κ1) is 37.6. The number of para-hydroxylation sites is 2. The van der Waals surface area contributed by atoms with E-state index < -0.39 is 17.4 Å². The van der Waals surface area contributed by atoms with Crippen LogP contribution in [-0.4, -0.2) is 42.1 Å². The number of carbonyl (C=O) groups is 2. The van der Waals surface area contributed by atoms with E-state index in [1.165, 1.54) is 12.1 Å². The summed E-state index contributed by atoms with van der Waals surface area (Å²) in [7, 11) is 3.99. The summed E-state index contributed by atoms with van der Waals surface area (Å²) in [5.41, 5.74) is 10.4. The van der Waals surface area contributed by atoms with Crippen molar-refractivity contribution < 1.29 is 27.3 Å². The number of Topliss-reactive ketones (excluding diaryl/α,β-unsaturated/α-hetero) is 2. The maximum Gasteiger partial charge on any atom is 0.454 e. The van der Waals surface area contributed by atoms with E-state index in [1.807, 2.05) is 80.1 Å². The van der Waals surface area contributed by atoms with Crippen molar-refractivity contribution in [1.82, 2.24) is 0 Å². The van der Waals surface area contributed by atoms with Crippen LogP contribution in [0.5, 0.6) is 0 Å². The fourth-order valence-electron chi connectivity index (χ4n) is 8.44. The van der Waals surface area contributed by atoms with Gasteiger partial charge < -0.3 is 9.80 Å². The van der Waals surface area contributed by atoms with Crippen molar-refractivity contribution in [3.8, 4) is 0 Å². The Morgan fingerprint density at radius 1 is 0.764 bits per heavy atom. The highest BCUT2D eigenvalue weighted by molar-refractivity contribution is 6.05. The van der Waals surface area contributed by atoms with Crippen molar-refractivity contribution >= 4 is 40.0 Å². The lowest BCUT2D eigenvalue weighted by Crippen LogP contribution is -2.27. The van der Waals surface area contributed by atoms with Gasteiger partial charge in [-0.25, -0.2) is 0 Å². The van der Waals surface area contributed by atoms with Crippen molar-refractivity contribution in [2.75, 3.05) is 23.9 Å². The third kappa shape index (κ3) is 6.58. The van der Waals surface area contributed by atoms with E-state index in [1.54, 1.807) is 13.0 Å². The molecule has 2 aliphatic heterocycles. The molecule has 0 amide bonds. The molecule has 55 heavy (non-hydrogen) atoms. The van der Waals surface area contributed by atoms with Gasteiger partial charge in [0.05, 0.1) is 11.1 Å². The number of benzene rings is 4. The van der Waals surface area contributed by atoms with Gasteiger partial charge in [-0.3, -0.25) is 9.59 Å². The molecule has 0 radical (unpaired) electrons. The van der Waals surface area contributed by atoms with E-state index in [0.29, 0.717) is 11.1 Å². The van der Waals surface area contributed by atoms with Crippen LogP contribution in [0, 0.1) is 0 Å². The monoisotopic (exact) mass is 740 g/mol. The van der Waals surface area contributed by atoms with Crippen LogP contribution in [-0.2, 0) is 10.8 Å². The highest BCUT2D eigenvalue weighted by Crippen LogP contribution is 2.48. The molecule has 4 aromatic carbocycles. The molecular weight excluding hydrogens is 696 g/mol. The van der Waals surface area contributed by atoms with Gasteiger partial charge in [-0.1, -0.05) is 62.4 Å². The van der Waals surface area contributed by atoms with Crippen LogP contribution in [0.3, 0.4) is 0 Å². The van der Waals surface area contributed by atoms with Crippen molar-refractivity contribution in [3.05, 3.63) is 166 Å². The molecule has 0 spiro atoms. The van der Waals surface area contributed by atoms with E-state index in [4.69, 9.17) is 0 Å². The van der Waals surface area contributed by atoms with E-state index in [9.17, 15) is 22.8 Å². The number of hydrogen-bond acceptors (Lipinski definition) is 4. The Hall–Kier alpha value is -5.76. The second kappa shape index (κ2) is 13.8. The second-order valence-corrected chi connectivity index (χ2v) is 15.6. The highest BCUT2D eigenvalue weighted by atomic mass is 19.4. The summed E-state index contributed by atoms with van der Waals surface area (Å²) in [6, 6.07) is 30.8. The number of ketones is 2. The third-order valence-electron chi connectivity index (χ3n) is 11.4. The van der Waals surface area contributed by atoms with Crippen LogP contribution in [0.2, 0.25) is 0 Å². The molecule has 2 heterocycles. The number of allylic oxidation sites excluding steroid dienone is 7. The largest absolute Gasteiger partial charge is 0.454 e. The molecule has 1 aliphatic carbocycles. The number of likely N-dealkylation sites (N-methyl/N-ethyl adjacent to an activating group) is 1. The number of rotatable bonds is 8. The summed E-state index contributed by atoms with van der Waals surface area (Å²) in [5, 5.41) is 0. The van der Waals surface area contributed by atoms with Gasteiger partial charge in [0, 0.05) is 64.1 Å². The first-order valence-corrected chi connectivity index (χ1v) is 18.5. The average molecular weight is 741 g/mol. The Morgan fingerprint density at radius 2 is 1.36 bits per heavy atom. The maximum atomic E-state index is 13.4. The van der Waals surface area contributed by atoms with E-state index >= 15 is 0 Å². The molecule has 0 N–H and O–H groups in total. The van der Waals surface area contributed by atoms with Gasteiger partial charge in [0.25, 0.3) is 5.78 Å². The second-order valence-electron chi connectivity index (χ2n) is 15.6. The number of halogens is 3. The minimum atomic E-state index is -4.95. The van der Waals surface area contributed by atoms with Gasteiger partial charge in [0.15, 0.2) is 11.5 Å². The Kier molecular flexibility index (Phi) is 9.44. The molecule has 0 saturated heterocycles. The predicted octanol–water partition coefficient (Wildman–Crippen LogP) is 11.3. The molecule has 7 rings (SSSR count). The fraction of sp³-hybridized carbons (Fsp3) is 0.255. The number of fused-ring (bicyclic) bond motifs is 2. The first-order valence-electron chi connectivity index (χ1n) is 18.5. The molecule has 0 fully saturated rings. The highest BCUT2D eigenvalue weighted by Gasteiger charge is 2.46. The predicted molar refractivity (Wildman–Crippen MR) is 215 cm³/mol. The molecule has 4 aromatic rings. The quantitative estimate of drug-likeness (QED) is 0.133. The first-order chi connectivity index (χ1) is 26.0. The SMILES string of the molecule is CC(=O)c1ccc2c(c1)C(C)(C)/C(=C\C=C1/CCC(/C=C/C3=[N+](C)c4ccc(C(=O)C(F)(F)F)cc4C3(C)C)=C1N(c1ccccc1)c1ccccc1)N2C. The van der Waals surface area contributed by atoms with Crippen molar-refractivity contribution in [1.29, 1.82) is 0 Å². The van der Waals surface area contributed by atoms with Crippen LogP contribution in [0.4, 0.5) is 35.9 Å². The van der Waals surface area contributed by atoms with Gasteiger partial charge in [-0.15, -0.1) is 0 Å². The smallest absolute Gasteiger partial charge is 0.347 e. The third-order valence-corrected chi connectivity index (χ3v) is 11.4. The molecule has 0 bridgehead atoms. The van der Waals surface area contributed by atoms with Gasteiger partial charge >= 0.3 is 6.18 Å². The summed E-state index contributed by atoms with van der Waals surface area (Å²) in [4.78, 5) is 29.0. The summed E-state index contributed by atoms with van der Waals surface area (Å²) >= 11 is 0. The molecule has 0 saturated carbocycles. The Bertz CT molecular complexity index is 2340. The molecule has 8 heteroatoms. The van der Waals surface area contributed by atoms with Crippen LogP contribution >= 0.6 is 0 Å². The molecule has 0 unspecified atom stereocenters. The molecule has 0 aromatic heterocycles. The van der Waals surface area contributed by atoms with E-state index in [-0.39, 0.29) is 16.8 Å². The normalized spacial score (nSPS) is 18.8. The van der Waals surface area contributed by atoms with E-state index in [2.05, 4.69) is 79.3 Å². The lowest BCUT2D eigenvalue weighted by atomic mass is 9.80. The summed E-state index contributed by atoms with van der Waals surface area (Å²) in [6.07, 6.45) is 5.28.